The summed E-state index contributed by atoms with van der Waals surface area (Å²) in [5, 5.41) is 5.34. The fourth-order valence-electron chi connectivity index (χ4n) is 1.98. The van der Waals surface area contributed by atoms with Gasteiger partial charge in [0.1, 0.15) is 5.82 Å². The molecule has 0 atom stereocenters. The SMILES string of the molecule is CC(=O)Nc1cc(S(=O)(=O)N2CCNCC2)ccc1F.Cl. The van der Waals surface area contributed by atoms with E-state index in [1.54, 1.807) is 0 Å². The van der Waals surface area contributed by atoms with E-state index < -0.39 is 21.7 Å². The lowest BCUT2D eigenvalue weighted by Crippen LogP contribution is -2.46. The van der Waals surface area contributed by atoms with Crippen molar-refractivity contribution in [3.8, 4) is 0 Å². The summed E-state index contributed by atoms with van der Waals surface area (Å²) in [5.74, 6) is -1.12. The van der Waals surface area contributed by atoms with Gasteiger partial charge in [-0.15, -0.1) is 12.4 Å². The van der Waals surface area contributed by atoms with E-state index in [2.05, 4.69) is 10.6 Å². The van der Waals surface area contributed by atoms with Crippen LogP contribution < -0.4 is 10.6 Å². The van der Waals surface area contributed by atoms with Gasteiger partial charge >= 0.3 is 0 Å². The molecule has 118 valence electrons. The smallest absolute Gasteiger partial charge is 0.243 e. The first-order valence-corrected chi connectivity index (χ1v) is 7.63. The lowest BCUT2D eigenvalue weighted by atomic mass is 10.3. The maximum atomic E-state index is 13.5. The topological polar surface area (TPSA) is 78.5 Å². The molecule has 1 aliphatic heterocycles. The van der Waals surface area contributed by atoms with E-state index in [0.29, 0.717) is 26.2 Å². The van der Waals surface area contributed by atoms with E-state index in [4.69, 9.17) is 0 Å². The highest BCUT2D eigenvalue weighted by molar-refractivity contribution is 7.89. The first kappa shape index (κ1) is 17.8. The Morgan fingerprint density at radius 1 is 1.33 bits per heavy atom. The summed E-state index contributed by atoms with van der Waals surface area (Å²) in [6.07, 6.45) is 0. The molecule has 0 bridgehead atoms. The lowest BCUT2D eigenvalue weighted by molar-refractivity contribution is -0.114. The van der Waals surface area contributed by atoms with Crippen molar-refractivity contribution in [1.82, 2.24) is 9.62 Å². The van der Waals surface area contributed by atoms with Crippen molar-refractivity contribution in [3.63, 3.8) is 0 Å². The van der Waals surface area contributed by atoms with Crippen LogP contribution in [-0.2, 0) is 14.8 Å². The monoisotopic (exact) mass is 337 g/mol. The van der Waals surface area contributed by atoms with Gasteiger partial charge in [-0.3, -0.25) is 4.79 Å². The number of rotatable bonds is 3. The van der Waals surface area contributed by atoms with Gasteiger partial charge in [0.15, 0.2) is 0 Å². The molecule has 1 fully saturated rings. The summed E-state index contributed by atoms with van der Waals surface area (Å²) in [4.78, 5) is 11.0. The number of amides is 1. The van der Waals surface area contributed by atoms with Gasteiger partial charge in [0.2, 0.25) is 15.9 Å². The summed E-state index contributed by atoms with van der Waals surface area (Å²) in [6.45, 7) is 3.14. The first-order chi connectivity index (χ1) is 9.41. The van der Waals surface area contributed by atoms with Gasteiger partial charge in [-0.2, -0.15) is 4.31 Å². The minimum atomic E-state index is -3.66. The van der Waals surface area contributed by atoms with Crippen LogP contribution in [0, 0.1) is 5.82 Å². The van der Waals surface area contributed by atoms with Crippen LogP contribution in [0.1, 0.15) is 6.92 Å². The van der Waals surface area contributed by atoms with Crippen LogP contribution in [-0.4, -0.2) is 44.8 Å². The Labute approximate surface area is 129 Å². The Morgan fingerprint density at radius 3 is 2.52 bits per heavy atom. The largest absolute Gasteiger partial charge is 0.324 e. The zero-order valence-electron chi connectivity index (χ0n) is 11.4. The molecule has 0 aromatic heterocycles. The summed E-state index contributed by atoms with van der Waals surface area (Å²) in [5.41, 5.74) is -0.131. The van der Waals surface area contributed by atoms with E-state index in [0.717, 1.165) is 12.1 Å². The van der Waals surface area contributed by atoms with E-state index in [1.807, 2.05) is 0 Å². The second-order valence-corrected chi connectivity index (χ2v) is 6.41. The van der Waals surface area contributed by atoms with Crippen molar-refractivity contribution in [1.29, 1.82) is 0 Å². The molecule has 1 aliphatic rings. The molecule has 21 heavy (non-hydrogen) atoms. The van der Waals surface area contributed by atoms with Gasteiger partial charge in [0, 0.05) is 33.1 Å². The van der Waals surface area contributed by atoms with Gasteiger partial charge in [0.25, 0.3) is 0 Å². The maximum Gasteiger partial charge on any atom is 0.243 e. The van der Waals surface area contributed by atoms with Gasteiger partial charge in [-0.1, -0.05) is 0 Å². The number of halogens is 2. The van der Waals surface area contributed by atoms with Crippen LogP contribution in [0.5, 0.6) is 0 Å². The van der Waals surface area contributed by atoms with Gasteiger partial charge < -0.3 is 10.6 Å². The highest BCUT2D eigenvalue weighted by atomic mass is 35.5. The third kappa shape index (κ3) is 4.13. The first-order valence-electron chi connectivity index (χ1n) is 6.19. The molecule has 1 aromatic rings. The molecule has 0 saturated carbocycles. The van der Waals surface area contributed by atoms with Crippen LogP contribution >= 0.6 is 12.4 Å². The molecule has 0 spiro atoms. The molecule has 9 heteroatoms. The molecule has 0 aliphatic carbocycles. The summed E-state index contributed by atoms with van der Waals surface area (Å²) in [6, 6.07) is 3.40. The van der Waals surface area contributed by atoms with Crippen LogP contribution in [0.2, 0.25) is 0 Å². The standard InChI is InChI=1S/C12H16FN3O3S.ClH/c1-9(17)15-12-8-10(2-3-11(12)13)20(18,19)16-6-4-14-5-7-16;/h2-3,8,14H,4-7H2,1H3,(H,15,17);1H. The molecule has 0 radical (unpaired) electrons. The van der Waals surface area contributed by atoms with Crippen molar-refractivity contribution >= 4 is 34.0 Å². The summed E-state index contributed by atoms with van der Waals surface area (Å²) in [7, 11) is -3.66. The predicted molar refractivity (Wildman–Crippen MR) is 79.6 cm³/mol. The minimum Gasteiger partial charge on any atom is -0.324 e. The lowest BCUT2D eigenvalue weighted by Gasteiger charge is -2.26. The number of carbonyl (C=O) groups is 1. The van der Waals surface area contributed by atoms with Crippen molar-refractivity contribution in [3.05, 3.63) is 24.0 Å². The number of sulfonamides is 1. The Bertz CT molecular complexity index is 618. The third-order valence-corrected chi connectivity index (χ3v) is 4.86. The van der Waals surface area contributed by atoms with E-state index in [-0.39, 0.29) is 23.0 Å². The summed E-state index contributed by atoms with van der Waals surface area (Å²) < 4.78 is 39.7. The van der Waals surface area contributed by atoms with Gasteiger partial charge in [-0.05, 0) is 18.2 Å². The normalized spacial score (nSPS) is 16.1. The zero-order valence-corrected chi connectivity index (χ0v) is 13.1. The molecular weight excluding hydrogens is 321 g/mol. The number of anilines is 1. The van der Waals surface area contributed by atoms with Crippen molar-refractivity contribution in [2.24, 2.45) is 0 Å². The second kappa shape index (κ2) is 7.17. The molecule has 2 rings (SSSR count). The molecule has 1 heterocycles. The number of carbonyl (C=O) groups excluding carboxylic acids is 1. The molecule has 2 N–H and O–H groups in total. The van der Waals surface area contributed by atoms with Gasteiger partial charge in [-0.25, -0.2) is 12.8 Å². The maximum absolute atomic E-state index is 13.5. The van der Waals surface area contributed by atoms with E-state index >= 15 is 0 Å². The molecule has 1 amide bonds. The average molecular weight is 338 g/mol. The Hall–Kier alpha value is -1.22. The number of benzene rings is 1. The number of hydrogen-bond acceptors (Lipinski definition) is 4. The van der Waals surface area contributed by atoms with Crippen molar-refractivity contribution < 1.29 is 17.6 Å². The van der Waals surface area contributed by atoms with E-state index in [1.165, 1.54) is 17.3 Å². The fraction of sp³-hybridized carbons (Fsp3) is 0.417. The van der Waals surface area contributed by atoms with Crippen LogP contribution in [0.15, 0.2) is 23.1 Å². The quantitative estimate of drug-likeness (QED) is 0.855. The van der Waals surface area contributed by atoms with Crippen molar-refractivity contribution in [2.45, 2.75) is 11.8 Å². The van der Waals surface area contributed by atoms with Gasteiger partial charge in [0.05, 0.1) is 10.6 Å². The Kier molecular flexibility index (Phi) is 6.09. The Balaban J connectivity index is 0.00000220. The number of nitrogens with zero attached hydrogens (tertiary/aromatic N) is 1. The number of piperazine rings is 1. The minimum absolute atomic E-state index is 0. The molecule has 1 saturated heterocycles. The highest BCUT2D eigenvalue weighted by Crippen LogP contribution is 2.22. The fourth-order valence-corrected chi connectivity index (χ4v) is 3.45. The highest BCUT2D eigenvalue weighted by Gasteiger charge is 2.26. The second-order valence-electron chi connectivity index (χ2n) is 4.48. The van der Waals surface area contributed by atoms with E-state index in [9.17, 15) is 17.6 Å². The van der Waals surface area contributed by atoms with Crippen LogP contribution in [0.3, 0.4) is 0 Å². The molecule has 0 unspecified atom stereocenters. The van der Waals surface area contributed by atoms with Crippen LogP contribution in [0.4, 0.5) is 10.1 Å². The van der Waals surface area contributed by atoms with Crippen LogP contribution in [0.25, 0.3) is 0 Å². The Morgan fingerprint density at radius 2 is 1.95 bits per heavy atom. The molecule has 6 nitrogen and oxygen atoms in total. The molecule has 1 aromatic carbocycles. The number of nitrogens with one attached hydrogen (secondary N) is 2. The molecular formula is C12H17ClFN3O3S. The third-order valence-electron chi connectivity index (χ3n) is 2.96. The summed E-state index contributed by atoms with van der Waals surface area (Å²) >= 11 is 0. The van der Waals surface area contributed by atoms with Crippen molar-refractivity contribution in [2.75, 3.05) is 31.5 Å². The predicted octanol–water partition coefficient (Wildman–Crippen LogP) is 0.800. The average Bonchev–Trinajstić information content (AvgIpc) is 2.41. The zero-order chi connectivity index (χ0) is 14.8. The number of hydrogen-bond donors (Lipinski definition) is 2.